The number of carbonyl (C=O) groups is 1. The zero-order valence-electron chi connectivity index (χ0n) is 12.5. The number of rotatable bonds is 5. The largest absolute Gasteiger partial charge is 0.353 e. The topological polar surface area (TPSA) is 44.4 Å². The van der Waals surface area contributed by atoms with Crippen LogP contribution in [-0.2, 0) is 4.79 Å². The van der Waals surface area contributed by atoms with Crippen molar-refractivity contribution in [1.29, 1.82) is 0 Å². The van der Waals surface area contributed by atoms with Gasteiger partial charge in [-0.1, -0.05) is 0 Å². The van der Waals surface area contributed by atoms with Crippen molar-refractivity contribution in [1.82, 2.24) is 15.5 Å². The summed E-state index contributed by atoms with van der Waals surface area (Å²) in [5, 5.41) is 6.37. The van der Waals surface area contributed by atoms with Gasteiger partial charge >= 0.3 is 0 Å². The predicted octanol–water partition coefficient (Wildman–Crippen LogP) is 1.82. The van der Waals surface area contributed by atoms with Gasteiger partial charge in [0.25, 0.3) is 0 Å². The molecule has 1 saturated heterocycles. The van der Waals surface area contributed by atoms with Gasteiger partial charge in [0.05, 0.1) is 5.54 Å². The van der Waals surface area contributed by atoms with Gasteiger partial charge in [0, 0.05) is 19.1 Å². The highest BCUT2D eigenvalue weighted by Crippen LogP contribution is 2.18. The second kappa shape index (κ2) is 9.81. The van der Waals surface area contributed by atoms with Crippen LogP contribution >= 0.6 is 24.8 Å². The van der Waals surface area contributed by atoms with E-state index in [0.29, 0.717) is 6.04 Å². The minimum atomic E-state index is -0.353. The number of carbonyl (C=O) groups excluding carboxylic acids is 1. The minimum absolute atomic E-state index is 0. The Morgan fingerprint density at radius 1 is 1.37 bits per heavy atom. The third kappa shape index (κ3) is 6.80. The fourth-order valence-corrected chi connectivity index (χ4v) is 2.05. The SMILES string of the molecule is CC(C)N(C)CCNC(=O)C1(C)CCCCN1.Cl.Cl. The molecule has 1 atom stereocenters. The summed E-state index contributed by atoms with van der Waals surface area (Å²) < 4.78 is 0. The molecule has 1 amide bonds. The standard InChI is InChI=1S/C13H27N3O.2ClH/c1-11(2)16(4)10-9-14-12(17)13(3)7-5-6-8-15-13;;/h11,15H,5-10H2,1-4H3,(H,14,17);2*1H. The summed E-state index contributed by atoms with van der Waals surface area (Å²) in [6.45, 7) is 8.91. The molecular weight excluding hydrogens is 285 g/mol. The number of piperidine rings is 1. The van der Waals surface area contributed by atoms with Crippen molar-refractivity contribution in [3.05, 3.63) is 0 Å². The van der Waals surface area contributed by atoms with Gasteiger partial charge in [-0.05, 0) is 53.6 Å². The molecule has 4 nitrogen and oxygen atoms in total. The van der Waals surface area contributed by atoms with Crippen LogP contribution in [0.3, 0.4) is 0 Å². The Morgan fingerprint density at radius 3 is 2.47 bits per heavy atom. The Labute approximate surface area is 129 Å². The number of nitrogens with zero attached hydrogens (tertiary/aromatic N) is 1. The van der Waals surface area contributed by atoms with Gasteiger partial charge in [-0.2, -0.15) is 0 Å². The summed E-state index contributed by atoms with van der Waals surface area (Å²) in [6, 6.07) is 0.523. The van der Waals surface area contributed by atoms with E-state index in [1.165, 1.54) is 6.42 Å². The van der Waals surface area contributed by atoms with Crippen molar-refractivity contribution >= 4 is 30.7 Å². The zero-order valence-corrected chi connectivity index (χ0v) is 14.1. The molecule has 19 heavy (non-hydrogen) atoms. The molecule has 0 aliphatic carbocycles. The molecule has 0 saturated carbocycles. The Hall–Kier alpha value is -0.0300. The summed E-state index contributed by atoms with van der Waals surface area (Å²) in [7, 11) is 2.08. The normalized spacial score (nSPS) is 22.6. The zero-order chi connectivity index (χ0) is 12.9. The third-order valence-corrected chi connectivity index (χ3v) is 3.75. The predicted molar refractivity (Wildman–Crippen MR) is 85.5 cm³/mol. The first-order chi connectivity index (χ1) is 7.96. The van der Waals surface area contributed by atoms with Crippen LogP contribution in [0.15, 0.2) is 0 Å². The lowest BCUT2D eigenvalue weighted by Gasteiger charge is -2.33. The highest BCUT2D eigenvalue weighted by atomic mass is 35.5. The van der Waals surface area contributed by atoms with Crippen molar-refractivity contribution in [2.24, 2.45) is 0 Å². The van der Waals surface area contributed by atoms with E-state index in [0.717, 1.165) is 32.5 Å². The van der Waals surface area contributed by atoms with Gasteiger partial charge in [-0.3, -0.25) is 4.79 Å². The van der Waals surface area contributed by atoms with Crippen LogP contribution in [0, 0.1) is 0 Å². The van der Waals surface area contributed by atoms with E-state index in [1.54, 1.807) is 0 Å². The van der Waals surface area contributed by atoms with Crippen molar-refractivity contribution in [3.63, 3.8) is 0 Å². The molecule has 1 aliphatic heterocycles. The van der Waals surface area contributed by atoms with Gasteiger partial charge in [0.1, 0.15) is 0 Å². The van der Waals surface area contributed by atoms with Gasteiger partial charge in [0.2, 0.25) is 5.91 Å². The second-order valence-corrected chi connectivity index (χ2v) is 5.55. The van der Waals surface area contributed by atoms with E-state index in [2.05, 4.69) is 36.4 Å². The maximum Gasteiger partial charge on any atom is 0.240 e. The molecule has 116 valence electrons. The number of hydrogen-bond acceptors (Lipinski definition) is 3. The highest BCUT2D eigenvalue weighted by molar-refractivity contribution is 5.86. The molecule has 0 aromatic rings. The molecule has 0 aromatic heterocycles. The fraction of sp³-hybridized carbons (Fsp3) is 0.923. The summed E-state index contributed by atoms with van der Waals surface area (Å²) in [5.74, 6) is 0.148. The molecule has 1 rings (SSSR count). The summed E-state index contributed by atoms with van der Waals surface area (Å²) >= 11 is 0. The maximum atomic E-state index is 12.1. The number of amides is 1. The molecular formula is C13H29Cl2N3O. The lowest BCUT2D eigenvalue weighted by Crippen LogP contribution is -2.57. The quantitative estimate of drug-likeness (QED) is 0.813. The smallest absolute Gasteiger partial charge is 0.240 e. The average Bonchev–Trinajstić information content (AvgIpc) is 2.29. The van der Waals surface area contributed by atoms with Crippen molar-refractivity contribution in [2.45, 2.75) is 51.6 Å². The molecule has 1 aliphatic rings. The molecule has 6 heteroatoms. The van der Waals surface area contributed by atoms with E-state index in [4.69, 9.17) is 0 Å². The number of hydrogen-bond donors (Lipinski definition) is 2. The molecule has 0 bridgehead atoms. The molecule has 0 radical (unpaired) electrons. The van der Waals surface area contributed by atoms with Crippen LogP contribution in [0.2, 0.25) is 0 Å². The van der Waals surface area contributed by atoms with Crippen LogP contribution in [0.25, 0.3) is 0 Å². The van der Waals surface area contributed by atoms with Gasteiger partial charge in [-0.15, -0.1) is 24.8 Å². The summed E-state index contributed by atoms with van der Waals surface area (Å²) in [4.78, 5) is 14.3. The van der Waals surface area contributed by atoms with Crippen molar-refractivity contribution in [2.75, 3.05) is 26.7 Å². The monoisotopic (exact) mass is 313 g/mol. The molecule has 1 heterocycles. The van der Waals surface area contributed by atoms with Gasteiger partial charge < -0.3 is 15.5 Å². The lowest BCUT2D eigenvalue weighted by atomic mass is 9.90. The van der Waals surface area contributed by atoms with E-state index in [9.17, 15) is 4.79 Å². The first-order valence-corrected chi connectivity index (χ1v) is 6.69. The Bertz CT molecular complexity index is 256. The molecule has 0 spiro atoms. The first-order valence-electron chi connectivity index (χ1n) is 6.69. The Morgan fingerprint density at radius 2 is 2.00 bits per heavy atom. The minimum Gasteiger partial charge on any atom is -0.353 e. The van der Waals surface area contributed by atoms with Gasteiger partial charge in [0.15, 0.2) is 0 Å². The van der Waals surface area contributed by atoms with E-state index >= 15 is 0 Å². The second-order valence-electron chi connectivity index (χ2n) is 5.55. The van der Waals surface area contributed by atoms with Crippen molar-refractivity contribution in [3.8, 4) is 0 Å². The van der Waals surface area contributed by atoms with E-state index < -0.39 is 0 Å². The Kier molecular flexibility index (Phi) is 11.0. The average molecular weight is 314 g/mol. The number of nitrogens with one attached hydrogen (secondary N) is 2. The lowest BCUT2D eigenvalue weighted by molar-refractivity contribution is -0.128. The molecule has 2 N–H and O–H groups in total. The van der Waals surface area contributed by atoms with E-state index in [1.807, 2.05) is 6.92 Å². The maximum absolute atomic E-state index is 12.1. The van der Waals surface area contributed by atoms with Crippen LogP contribution in [-0.4, -0.2) is 49.1 Å². The van der Waals surface area contributed by atoms with Gasteiger partial charge in [-0.25, -0.2) is 0 Å². The molecule has 0 aromatic carbocycles. The summed E-state index contributed by atoms with van der Waals surface area (Å²) in [6.07, 6.45) is 3.26. The van der Waals surface area contributed by atoms with Crippen LogP contribution in [0.1, 0.15) is 40.0 Å². The molecule has 1 fully saturated rings. The third-order valence-electron chi connectivity index (χ3n) is 3.75. The van der Waals surface area contributed by atoms with Crippen LogP contribution in [0.5, 0.6) is 0 Å². The fourth-order valence-electron chi connectivity index (χ4n) is 2.05. The Balaban J connectivity index is 0. The van der Waals surface area contributed by atoms with E-state index in [-0.39, 0.29) is 36.3 Å². The molecule has 1 unspecified atom stereocenters. The van der Waals surface area contributed by atoms with Crippen LogP contribution in [0.4, 0.5) is 0 Å². The first kappa shape index (κ1) is 21.3. The number of halogens is 2. The number of likely N-dealkylation sites (N-methyl/N-ethyl adjacent to an activating group) is 1. The van der Waals surface area contributed by atoms with Crippen LogP contribution < -0.4 is 10.6 Å². The van der Waals surface area contributed by atoms with Crippen molar-refractivity contribution < 1.29 is 4.79 Å². The highest BCUT2D eigenvalue weighted by Gasteiger charge is 2.33. The summed E-state index contributed by atoms with van der Waals surface area (Å²) in [5.41, 5.74) is -0.353.